The molecule has 0 radical (unpaired) electrons. The van der Waals surface area contributed by atoms with E-state index in [0.29, 0.717) is 12.2 Å². The second-order valence-corrected chi connectivity index (χ2v) is 5.39. The molecule has 0 aliphatic heterocycles. The summed E-state index contributed by atoms with van der Waals surface area (Å²) >= 11 is 0. The summed E-state index contributed by atoms with van der Waals surface area (Å²) in [6.45, 7) is 10.2. The van der Waals surface area contributed by atoms with Crippen molar-refractivity contribution in [1.82, 2.24) is 0 Å². The first-order valence-electron chi connectivity index (χ1n) is 6.46. The number of para-hydroxylation sites is 1. The Morgan fingerprint density at radius 1 is 1.26 bits per heavy atom. The molecule has 0 amide bonds. The SMILES string of the molecule is CCOC(=O)C(C)=COc1ccccc1C(C)(C)C. The van der Waals surface area contributed by atoms with Crippen LogP contribution in [0.5, 0.6) is 5.75 Å². The van der Waals surface area contributed by atoms with Crippen molar-refractivity contribution >= 4 is 5.97 Å². The minimum atomic E-state index is -0.351. The van der Waals surface area contributed by atoms with E-state index >= 15 is 0 Å². The molecule has 1 aromatic rings. The van der Waals surface area contributed by atoms with Crippen molar-refractivity contribution in [2.75, 3.05) is 6.61 Å². The van der Waals surface area contributed by atoms with Gasteiger partial charge in [0, 0.05) is 5.56 Å². The number of carbonyl (C=O) groups excluding carboxylic acids is 1. The first-order valence-corrected chi connectivity index (χ1v) is 6.46. The molecule has 0 heterocycles. The number of benzene rings is 1. The third-order valence-corrected chi connectivity index (χ3v) is 2.66. The van der Waals surface area contributed by atoms with Gasteiger partial charge in [-0.1, -0.05) is 39.0 Å². The van der Waals surface area contributed by atoms with Crippen molar-refractivity contribution < 1.29 is 14.3 Å². The number of rotatable bonds is 4. The first-order chi connectivity index (χ1) is 8.86. The molecule has 0 saturated heterocycles. The molecule has 0 aliphatic carbocycles. The number of carbonyl (C=O) groups is 1. The third kappa shape index (κ3) is 4.43. The summed E-state index contributed by atoms with van der Waals surface area (Å²) in [5.41, 5.74) is 1.54. The molecular weight excluding hydrogens is 240 g/mol. The highest BCUT2D eigenvalue weighted by molar-refractivity contribution is 5.87. The van der Waals surface area contributed by atoms with Crippen LogP contribution in [0, 0.1) is 0 Å². The van der Waals surface area contributed by atoms with Crippen LogP contribution in [0.15, 0.2) is 36.1 Å². The van der Waals surface area contributed by atoms with Gasteiger partial charge in [0.25, 0.3) is 0 Å². The summed E-state index contributed by atoms with van der Waals surface area (Å²) in [6.07, 6.45) is 1.45. The smallest absolute Gasteiger partial charge is 0.336 e. The van der Waals surface area contributed by atoms with Gasteiger partial charge in [-0.3, -0.25) is 0 Å². The minimum Gasteiger partial charge on any atom is -0.464 e. The summed E-state index contributed by atoms with van der Waals surface area (Å²) in [7, 11) is 0. The molecule has 0 atom stereocenters. The van der Waals surface area contributed by atoms with E-state index in [1.165, 1.54) is 6.26 Å². The van der Waals surface area contributed by atoms with Gasteiger partial charge >= 0.3 is 5.97 Å². The summed E-state index contributed by atoms with van der Waals surface area (Å²) in [4.78, 5) is 11.5. The largest absolute Gasteiger partial charge is 0.464 e. The molecule has 0 spiro atoms. The molecule has 3 nitrogen and oxygen atoms in total. The van der Waals surface area contributed by atoms with Crippen LogP contribution in [0.4, 0.5) is 0 Å². The second-order valence-electron chi connectivity index (χ2n) is 5.39. The Bertz CT molecular complexity index is 467. The minimum absolute atomic E-state index is 0.0116. The van der Waals surface area contributed by atoms with Crippen molar-refractivity contribution in [2.24, 2.45) is 0 Å². The lowest BCUT2D eigenvalue weighted by atomic mass is 9.86. The van der Waals surface area contributed by atoms with E-state index in [9.17, 15) is 4.79 Å². The Balaban J connectivity index is 2.89. The zero-order valence-electron chi connectivity index (χ0n) is 12.3. The van der Waals surface area contributed by atoms with Crippen LogP contribution in [-0.4, -0.2) is 12.6 Å². The van der Waals surface area contributed by atoms with Crippen molar-refractivity contribution in [3.8, 4) is 5.75 Å². The predicted molar refractivity (Wildman–Crippen MR) is 76.2 cm³/mol. The Kier molecular flexibility index (Phi) is 5.16. The first kappa shape index (κ1) is 15.3. The molecule has 0 N–H and O–H groups in total. The third-order valence-electron chi connectivity index (χ3n) is 2.66. The van der Waals surface area contributed by atoms with Crippen LogP contribution in [0.25, 0.3) is 0 Å². The standard InChI is InChI=1S/C16H22O3/c1-6-18-15(17)12(2)11-19-14-10-8-7-9-13(14)16(3,4)5/h7-11H,6H2,1-5H3. The van der Waals surface area contributed by atoms with Crippen LogP contribution in [-0.2, 0) is 14.9 Å². The number of hydrogen-bond acceptors (Lipinski definition) is 3. The molecule has 104 valence electrons. The second kappa shape index (κ2) is 6.41. The topological polar surface area (TPSA) is 35.5 Å². The maximum absolute atomic E-state index is 11.5. The zero-order chi connectivity index (χ0) is 14.5. The maximum Gasteiger partial charge on any atom is 0.336 e. The van der Waals surface area contributed by atoms with Gasteiger partial charge in [-0.15, -0.1) is 0 Å². The Hall–Kier alpha value is -1.77. The Morgan fingerprint density at radius 2 is 1.89 bits per heavy atom. The van der Waals surface area contributed by atoms with Gasteiger partial charge < -0.3 is 9.47 Å². The van der Waals surface area contributed by atoms with Gasteiger partial charge in [-0.05, 0) is 25.3 Å². The van der Waals surface area contributed by atoms with E-state index in [-0.39, 0.29) is 11.4 Å². The van der Waals surface area contributed by atoms with Crippen molar-refractivity contribution in [1.29, 1.82) is 0 Å². The highest BCUT2D eigenvalue weighted by Crippen LogP contribution is 2.31. The highest BCUT2D eigenvalue weighted by Gasteiger charge is 2.18. The zero-order valence-corrected chi connectivity index (χ0v) is 12.3. The Morgan fingerprint density at radius 3 is 2.47 bits per heavy atom. The lowest BCUT2D eigenvalue weighted by Crippen LogP contribution is -2.12. The monoisotopic (exact) mass is 262 g/mol. The fraction of sp³-hybridized carbons (Fsp3) is 0.438. The normalized spacial score (nSPS) is 12.2. The van der Waals surface area contributed by atoms with E-state index in [2.05, 4.69) is 20.8 Å². The maximum atomic E-state index is 11.5. The van der Waals surface area contributed by atoms with Gasteiger partial charge in [0.1, 0.15) is 12.0 Å². The van der Waals surface area contributed by atoms with Crippen molar-refractivity contribution in [2.45, 2.75) is 40.0 Å². The number of hydrogen-bond donors (Lipinski definition) is 0. The average molecular weight is 262 g/mol. The van der Waals surface area contributed by atoms with Gasteiger partial charge in [0.2, 0.25) is 0 Å². The molecule has 0 aliphatic rings. The van der Waals surface area contributed by atoms with Crippen molar-refractivity contribution in [3.05, 3.63) is 41.7 Å². The van der Waals surface area contributed by atoms with Gasteiger partial charge in [-0.25, -0.2) is 4.79 Å². The number of esters is 1. The average Bonchev–Trinajstić information content (AvgIpc) is 2.35. The molecule has 0 bridgehead atoms. The van der Waals surface area contributed by atoms with Crippen molar-refractivity contribution in [3.63, 3.8) is 0 Å². The molecule has 3 heteroatoms. The molecule has 0 unspecified atom stereocenters. The lowest BCUT2D eigenvalue weighted by molar-refractivity contribution is -0.138. The molecule has 1 aromatic carbocycles. The van der Waals surface area contributed by atoms with Gasteiger partial charge in [0.05, 0.1) is 12.2 Å². The lowest BCUT2D eigenvalue weighted by Gasteiger charge is -2.21. The fourth-order valence-electron chi connectivity index (χ4n) is 1.63. The molecule has 0 fully saturated rings. The van der Waals surface area contributed by atoms with Crippen LogP contribution < -0.4 is 4.74 Å². The van der Waals surface area contributed by atoms with Gasteiger partial charge in [0.15, 0.2) is 0 Å². The number of ether oxygens (including phenoxy) is 2. The molecule has 0 saturated carbocycles. The summed E-state index contributed by atoms with van der Waals surface area (Å²) in [5.74, 6) is 0.411. The van der Waals surface area contributed by atoms with Gasteiger partial charge in [-0.2, -0.15) is 0 Å². The van der Waals surface area contributed by atoms with Crippen LogP contribution >= 0.6 is 0 Å². The van der Waals surface area contributed by atoms with E-state index in [1.807, 2.05) is 24.3 Å². The Labute approximate surface area is 115 Å². The quantitative estimate of drug-likeness (QED) is 0.470. The van der Waals surface area contributed by atoms with E-state index in [1.54, 1.807) is 13.8 Å². The van der Waals surface area contributed by atoms with Crippen LogP contribution in [0.1, 0.15) is 40.2 Å². The summed E-state index contributed by atoms with van der Waals surface area (Å²) < 4.78 is 10.5. The molecule has 1 rings (SSSR count). The van der Waals surface area contributed by atoms with Crippen LogP contribution in [0.3, 0.4) is 0 Å². The fourth-order valence-corrected chi connectivity index (χ4v) is 1.63. The van der Waals surface area contributed by atoms with E-state index in [0.717, 1.165) is 11.3 Å². The van der Waals surface area contributed by atoms with E-state index in [4.69, 9.17) is 9.47 Å². The molecule has 0 aromatic heterocycles. The molecule has 19 heavy (non-hydrogen) atoms. The highest BCUT2D eigenvalue weighted by atomic mass is 16.5. The van der Waals surface area contributed by atoms with E-state index < -0.39 is 0 Å². The predicted octanol–water partition coefficient (Wildman–Crippen LogP) is 3.83. The summed E-state index contributed by atoms with van der Waals surface area (Å²) in [5, 5.41) is 0. The van der Waals surface area contributed by atoms with Crippen LogP contribution in [0.2, 0.25) is 0 Å². The summed E-state index contributed by atoms with van der Waals surface area (Å²) in [6, 6.07) is 7.83. The molecular formula is C16H22O3.